The Morgan fingerprint density at radius 2 is 1.65 bits per heavy atom. The minimum atomic E-state index is -0.832. The van der Waals surface area contributed by atoms with Crippen molar-refractivity contribution in [3.8, 4) is 0 Å². The van der Waals surface area contributed by atoms with Gasteiger partial charge in [0.25, 0.3) is 5.91 Å². The van der Waals surface area contributed by atoms with E-state index in [1.54, 1.807) is 13.8 Å². The number of hydrogen-bond acceptors (Lipinski definition) is 4. The zero-order valence-corrected chi connectivity index (χ0v) is 16.0. The van der Waals surface area contributed by atoms with E-state index >= 15 is 0 Å². The van der Waals surface area contributed by atoms with E-state index in [-0.39, 0.29) is 17.0 Å². The molecule has 0 saturated carbocycles. The van der Waals surface area contributed by atoms with Crippen LogP contribution in [0.5, 0.6) is 0 Å². The van der Waals surface area contributed by atoms with Gasteiger partial charge in [0.15, 0.2) is 0 Å². The van der Waals surface area contributed by atoms with Gasteiger partial charge >= 0.3 is 0 Å². The minimum absolute atomic E-state index is 0.116. The number of hydrogen-bond donors (Lipinski definition) is 1. The van der Waals surface area contributed by atoms with Crippen LogP contribution in [0.4, 0.5) is 0 Å². The lowest BCUT2D eigenvalue weighted by molar-refractivity contribution is -0.144. The van der Waals surface area contributed by atoms with Gasteiger partial charge in [-0.15, -0.1) is 0 Å². The molecule has 0 aliphatic heterocycles. The Hall–Kier alpha value is -0.940. The van der Waals surface area contributed by atoms with E-state index in [1.807, 2.05) is 34.6 Å². The first kappa shape index (κ1) is 22.1. The van der Waals surface area contributed by atoms with Gasteiger partial charge in [-0.2, -0.15) is 0 Å². The zero-order chi connectivity index (χ0) is 18.1. The Bertz CT molecular complexity index is 375. The molecular weight excluding hydrogens is 294 g/mol. The van der Waals surface area contributed by atoms with Gasteiger partial charge in [0.1, 0.15) is 11.9 Å². The molecule has 0 fully saturated rings. The third-order valence-electron chi connectivity index (χ3n) is 3.82. The normalized spacial score (nSPS) is 13.0. The molecule has 0 rings (SSSR count). The summed E-state index contributed by atoms with van der Waals surface area (Å²) in [6.07, 6.45) is 3.89. The lowest BCUT2D eigenvalue weighted by Crippen LogP contribution is -2.53. The third kappa shape index (κ3) is 9.72. The number of aldehydes is 1. The SMILES string of the molecule is CCOC(C)(C)C(=O)NC(C)(C)CCOC(C)(C)CCCC=O. The second-order valence-corrected chi connectivity index (χ2v) is 7.70. The van der Waals surface area contributed by atoms with E-state index in [2.05, 4.69) is 5.32 Å². The van der Waals surface area contributed by atoms with Crippen LogP contribution in [-0.4, -0.2) is 42.1 Å². The Morgan fingerprint density at radius 3 is 2.17 bits per heavy atom. The molecule has 0 heterocycles. The summed E-state index contributed by atoms with van der Waals surface area (Å²) in [5.74, 6) is -0.116. The molecule has 0 radical (unpaired) electrons. The van der Waals surface area contributed by atoms with Crippen molar-refractivity contribution in [1.29, 1.82) is 0 Å². The Morgan fingerprint density at radius 1 is 1.04 bits per heavy atom. The predicted molar refractivity (Wildman–Crippen MR) is 92.5 cm³/mol. The number of ether oxygens (including phenoxy) is 2. The third-order valence-corrected chi connectivity index (χ3v) is 3.82. The summed E-state index contributed by atoms with van der Waals surface area (Å²) < 4.78 is 11.4. The number of carbonyl (C=O) groups excluding carboxylic acids is 2. The van der Waals surface area contributed by atoms with Crippen LogP contribution in [-0.2, 0) is 19.1 Å². The van der Waals surface area contributed by atoms with Gasteiger partial charge < -0.3 is 19.6 Å². The molecule has 0 bridgehead atoms. The van der Waals surface area contributed by atoms with E-state index in [4.69, 9.17) is 9.47 Å². The number of unbranched alkanes of at least 4 members (excludes halogenated alkanes) is 1. The maximum Gasteiger partial charge on any atom is 0.252 e. The van der Waals surface area contributed by atoms with Crippen LogP contribution < -0.4 is 5.32 Å². The number of nitrogens with one attached hydrogen (secondary N) is 1. The molecule has 0 aliphatic rings. The van der Waals surface area contributed by atoms with Gasteiger partial charge in [-0.25, -0.2) is 0 Å². The monoisotopic (exact) mass is 329 g/mol. The van der Waals surface area contributed by atoms with Crippen LogP contribution >= 0.6 is 0 Å². The van der Waals surface area contributed by atoms with E-state index in [0.717, 1.165) is 19.1 Å². The van der Waals surface area contributed by atoms with Crippen LogP contribution in [0.3, 0.4) is 0 Å². The molecular formula is C18H35NO4. The Balaban J connectivity index is 4.32. The fourth-order valence-electron chi connectivity index (χ4n) is 2.21. The van der Waals surface area contributed by atoms with Gasteiger partial charge in [-0.3, -0.25) is 4.79 Å². The van der Waals surface area contributed by atoms with Crippen molar-refractivity contribution in [2.45, 2.75) is 90.9 Å². The van der Waals surface area contributed by atoms with Crippen molar-refractivity contribution in [3.05, 3.63) is 0 Å². The summed E-state index contributed by atoms with van der Waals surface area (Å²) in [5.41, 5.74) is -1.46. The maximum atomic E-state index is 12.3. The van der Waals surface area contributed by atoms with Crippen LogP contribution in [0.1, 0.15) is 74.1 Å². The topological polar surface area (TPSA) is 64.6 Å². The second-order valence-electron chi connectivity index (χ2n) is 7.70. The van der Waals surface area contributed by atoms with Gasteiger partial charge in [-0.1, -0.05) is 0 Å². The first-order valence-electron chi connectivity index (χ1n) is 8.50. The molecule has 0 unspecified atom stereocenters. The highest BCUT2D eigenvalue weighted by molar-refractivity contribution is 5.84. The quantitative estimate of drug-likeness (QED) is 0.441. The smallest absolute Gasteiger partial charge is 0.252 e. The molecule has 0 aromatic carbocycles. The number of carbonyl (C=O) groups is 2. The fourth-order valence-corrected chi connectivity index (χ4v) is 2.21. The maximum absolute atomic E-state index is 12.3. The first-order chi connectivity index (χ1) is 10.5. The molecule has 136 valence electrons. The van der Waals surface area contributed by atoms with Crippen LogP contribution in [0, 0.1) is 0 Å². The van der Waals surface area contributed by atoms with E-state index in [1.165, 1.54) is 0 Å². The van der Waals surface area contributed by atoms with Gasteiger partial charge in [-0.05, 0) is 67.7 Å². The highest BCUT2D eigenvalue weighted by atomic mass is 16.5. The first-order valence-corrected chi connectivity index (χ1v) is 8.50. The summed E-state index contributed by atoms with van der Waals surface area (Å²) in [7, 11) is 0. The molecule has 1 amide bonds. The summed E-state index contributed by atoms with van der Waals surface area (Å²) in [6, 6.07) is 0. The van der Waals surface area contributed by atoms with Crippen molar-refractivity contribution in [1.82, 2.24) is 5.32 Å². The molecule has 23 heavy (non-hydrogen) atoms. The lowest BCUT2D eigenvalue weighted by atomic mass is 9.97. The van der Waals surface area contributed by atoms with Crippen molar-refractivity contribution < 1.29 is 19.1 Å². The molecule has 5 nitrogen and oxygen atoms in total. The number of rotatable bonds is 12. The fraction of sp³-hybridized carbons (Fsp3) is 0.889. The molecule has 0 spiro atoms. The highest BCUT2D eigenvalue weighted by Gasteiger charge is 2.32. The predicted octanol–water partition coefficient (Wildman–Crippen LogP) is 3.25. The van der Waals surface area contributed by atoms with E-state index in [0.29, 0.717) is 26.1 Å². The standard InChI is InChI=1S/C18H35NO4/c1-8-22-18(6,7)15(21)19-16(2,3)12-14-23-17(4,5)11-9-10-13-20/h13H,8-12,14H2,1-7H3,(H,19,21). The summed E-state index contributed by atoms with van der Waals surface area (Å²) >= 11 is 0. The zero-order valence-electron chi connectivity index (χ0n) is 16.0. The second kappa shape index (κ2) is 9.38. The van der Waals surface area contributed by atoms with Crippen molar-refractivity contribution in [2.75, 3.05) is 13.2 Å². The Labute approximate surface area is 141 Å². The molecule has 0 aromatic rings. The van der Waals surface area contributed by atoms with E-state index in [9.17, 15) is 9.59 Å². The van der Waals surface area contributed by atoms with E-state index < -0.39 is 5.60 Å². The molecule has 0 saturated heterocycles. The van der Waals surface area contributed by atoms with Crippen LogP contribution in [0.25, 0.3) is 0 Å². The Kier molecular flexibility index (Phi) is 9.00. The highest BCUT2D eigenvalue weighted by Crippen LogP contribution is 2.20. The number of amides is 1. The van der Waals surface area contributed by atoms with Gasteiger partial charge in [0.05, 0.1) is 5.60 Å². The summed E-state index contributed by atoms with van der Waals surface area (Å²) in [5, 5.41) is 3.03. The van der Waals surface area contributed by atoms with Gasteiger partial charge in [0.2, 0.25) is 0 Å². The minimum Gasteiger partial charge on any atom is -0.375 e. The van der Waals surface area contributed by atoms with Crippen molar-refractivity contribution >= 4 is 12.2 Å². The summed E-state index contributed by atoms with van der Waals surface area (Å²) in [4.78, 5) is 22.7. The van der Waals surface area contributed by atoms with Gasteiger partial charge in [0, 0.05) is 25.2 Å². The van der Waals surface area contributed by atoms with Crippen LogP contribution in [0.15, 0.2) is 0 Å². The average molecular weight is 329 g/mol. The largest absolute Gasteiger partial charge is 0.375 e. The van der Waals surface area contributed by atoms with Crippen LogP contribution in [0.2, 0.25) is 0 Å². The average Bonchev–Trinajstić information content (AvgIpc) is 2.37. The molecule has 0 atom stereocenters. The molecule has 0 aliphatic carbocycles. The molecule has 5 heteroatoms. The summed E-state index contributed by atoms with van der Waals surface area (Å²) in [6.45, 7) is 14.5. The molecule has 0 aromatic heterocycles. The van der Waals surface area contributed by atoms with Crippen molar-refractivity contribution in [3.63, 3.8) is 0 Å². The molecule has 1 N–H and O–H groups in total. The van der Waals surface area contributed by atoms with Crippen molar-refractivity contribution in [2.24, 2.45) is 0 Å². The lowest BCUT2D eigenvalue weighted by Gasteiger charge is -2.33.